The summed E-state index contributed by atoms with van der Waals surface area (Å²) in [5, 5.41) is 2.61. The summed E-state index contributed by atoms with van der Waals surface area (Å²) in [6, 6.07) is 21.4. The normalized spacial score (nSPS) is 16.4. The molecule has 0 spiro atoms. The second-order valence-corrected chi connectivity index (χ2v) is 9.25. The lowest BCUT2D eigenvalue weighted by atomic mass is 10.0. The Hall–Kier alpha value is -2.83. The number of amides is 2. The number of carbonyl (C=O) groups is 2. The Balaban J connectivity index is 1.55. The zero-order valence-corrected chi connectivity index (χ0v) is 19.0. The van der Waals surface area contributed by atoms with Crippen LogP contribution in [0.4, 0.5) is 10.1 Å². The summed E-state index contributed by atoms with van der Waals surface area (Å²) in [6.45, 7) is 2.37. The molecule has 2 amide bonds. The minimum Gasteiger partial charge on any atom is -0.352 e. The predicted molar refractivity (Wildman–Crippen MR) is 126 cm³/mol. The number of hydrogen-bond donors (Lipinski definition) is 1. The fraction of sp³-hybridized carbons (Fsp3) is 0.200. The molecule has 0 unspecified atom stereocenters. The van der Waals surface area contributed by atoms with Crippen LogP contribution in [-0.4, -0.2) is 17.1 Å². The number of carbonyl (C=O) groups excluding carboxylic acids is 2. The average Bonchev–Trinajstić information content (AvgIpc) is 2.80. The van der Waals surface area contributed by atoms with Crippen LogP contribution in [0.2, 0.25) is 5.02 Å². The first-order valence-electron chi connectivity index (χ1n) is 10.3. The molecule has 0 fully saturated rings. The van der Waals surface area contributed by atoms with Gasteiger partial charge in [-0.1, -0.05) is 67.1 Å². The van der Waals surface area contributed by atoms with E-state index >= 15 is 0 Å². The molecule has 1 aliphatic rings. The molecule has 2 atom stereocenters. The van der Waals surface area contributed by atoms with Gasteiger partial charge >= 0.3 is 0 Å². The molecule has 3 aromatic rings. The van der Waals surface area contributed by atoms with Gasteiger partial charge in [-0.3, -0.25) is 9.59 Å². The molecule has 0 aromatic heterocycles. The van der Waals surface area contributed by atoms with Crippen LogP contribution in [0.15, 0.2) is 77.7 Å². The first-order chi connectivity index (χ1) is 15.4. The number of halogens is 2. The molecule has 32 heavy (non-hydrogen) atoms. The largest absolute Gasteiger partial charge is 0.352 e. The van der Waals surface area contributed by atoms with Gasteiger partial charge in [0.2, 0.25) is 11.8 Å². The minimum absolute atomic E-state index is 0.170. The summed E-state index contributed by atoms with van der Waals surface area (Å²) in [5.74, 6) is -1.33. The molecule has 1 aliphatic heterocycles. The summed E-state index contributed by atoms with van der Waals surface area (Å²) in [6.07, 6.45) is 0. The fourth-order valence-electron chi connectivity index (χ4n) is 3.62. The van der Waals surface area contributed by atoms with E-state index in [1.165, 1.54) is 23.9 Å². The van der Waals surface area contributed by atoms with Crippen molar-refractivity contribution in [2.24, 2.45) is 5.92 Å². The van der Waals surface area contributed by atoms with Crippen LogP contribution in [0.25, 0.3) is 0 Å². The number of nitrogens with one attached hydrogen (secondary N) is 1. The van der Waals surface area contributed by atoms with Crippen molar-refractivity contribution in [2.45, 2.75) is 30.2 Å². The Morgan fingerprint density at radius 2 is 1.84 bits per heavy atom. The maximum absolute atomic E-state index is 13.5. The van der Waals surface area contributed by atoms with Crippen molar-refractivity contribution in [3.8, 4) is 0 Å². The van der Waals surface area contributed by atoms with Crippen LogP contribution in [0.5, 0.6) is 0 Å². The van der Waals surface area contributed by atoms with Crippen molar-refractivity contribution in [1.82, 2.24) is 5.32 Å². The molecule has 0 bridgehead atoms. The SMILES string of the molecule is C[C@H](C(=O)NCc1ccccc1)[C@@H]1Sc2ccccc2N(Cc2ccc(F)cc2Cl)C1=O. The van der Waals surface area contributed by atoms with Gasteiger partial charge < -0.3 is 10.2 Å². The van der Waals surface area contributed by atoms with Gasteiger partial charge in [0.1, 0.15) is 11.1 Å². The second kappa shape index (κ2) is 9.76. The van der Waals surface area contributed by atoms with E-state index in [1.54, 1.807) is 17.9 Å². The smallest absolute Gasteiger partial charge is 0.241 e. The van der Waals surface area contributed by atoms with E-state index in [2.05, 4.69) is 5.32 Å². The number of benzene rings is 3. The van der Waals surface area contributed by atoms with Gasteiger partial charge in [0.05, 0.1) is 18.2 Å². The van der Waals surface area contributed by atoms with Crippen LogP contribution in [-0.2, 0) is 22.7 Å². The van der Waals surface area contributed by atoms with Crippen molar-refractivity contribution in [3.05, 3.63) is 94.8 Å². The summed E-state index contributed by atoms with van der Waals surface area (Å²) in [5.41, 5.74) is 2.40. The average molecular weight is 469 g/mol. The molecule has 0 saturated carbocycles. The zero-order valence-electron chi connectivity index (χ0n) is 17.4. The molecule has 0 aliphatic carbocycles. The van der Waals surface area contributed by atoms with E-state index < -0.39 is 17.0 Å². The van der Waals surface area contributed by atoms with Crippen LogP contribution in [0, 0.1) is 11.7 Å². The highest BCUT2D eigenvalue weighted by Crippen LogP contribution is 2.42. The van der Waals surface area contributed by atoms with Gasteiger partial charge in [-0.05, 0) is 35.4 Å². The minimum atomic E-state index is -0.583. The lowest BCUT2D eigenvalue weighted by Gasteiger charge is -2.36. The molecular formula is C25H22ClFN2O2S. The Bertz CT molecular complexity index is 1140. The molecule has 1 N–H and O–H groups in total. The van der Waals surface area contributed by atoms with Gasteiger partial charge in [0, 0.05) is 16.5 Å². The molecule has 4 nitrogen and oxygen atoms in total. The predicted octanol–water partition coefficient (Wildman–Crippen LogP) is 5.44. The number of hydrogen-bond acceptors (Lipinski definition) is 3. The van der Waals surface area contributed by atoms with E-state index in [4.69, 9.17) is 11.6 Å². The van der Waals surface area contributed by atoms with Crippen LogP contribution < -0.4 is 10.2 Å². The molecule has 0 saturated heterocycles. The van der Waals surface area contributed by atoms with E-state index in [0.717, 1.165) is 16.1 Å². The summed E-state index contributed by atoms with van der Waals surface area (Å²) >= 11 is 7.62. The maximum atomic E-state index is 13.5. The number of fused-ring (bicyclic) bond motifs is 1. The summed E-state index contributed by atoms with van der Waals surface area (Å²) in [4.78, 5) is 28.9. The van der Waals surface area contributed by atoms with Crippen molar-refractivity contribution in [3.63, 3.8) is 0 Å². The quantitative estimate of drug-likeness (QED) is 0.524. The van der Waals surface area contributed by atoms with Gasteiger partial charge in [0.15, 0.2) is 0 Å². The van der Waals surface area contributed by atoms with Gasteiger partial charge in [-0.25, -0.2) is 4.39 Å². The third-order valence-electron chi connectivity index (χ3n) is 5.44. The van der Waals surface area contributed by atoms with Crippen LogP contribution in [0.3, 0.4) is 0 Å². The number of nitrogens with zero attached hydrogens (tertiary/aromatic N) is 1. The molecule has 3 aromatic carbocycles. The molecule has 1 heterocycles. The lowest BCUT2D eigenvalue weighted by Crippen LogP contribution is -2.47. The second-order valence-electron chi connectivity index (χ2n) is 7.66. The van der Waals surface area contributed by atoms with Crippen LogP contribution >= 0.6 is 23.4 Å². The number of rotatable bonds is 6. The standard InChI is InChI=1S/C25H22ClFN2O2S/c1-16(24(30)28-14-17-7-3-2-4-8-17)23-25(31)29(21-9-5-6-10-22(21)32-23)15-18-11-12-19(27)13-20(18)26/h2-13,16,23H,14-15H2,1H3,(H,28,30)/t16-,23-/m0/s1. The first-order valence-corrected chi connectivity index (χ1v) is 11.5. The van der Waals surface area contributed by atoms with Gasteiger partial charge in [-0.15, -0.1) is 11.8 Å². The maximum Gasteiger partial charge on any atom is 0.241 e. The van der Waals surface area contributed by atoms with Gasteiger partial charge in [-0.2, -0.15) is 0 Å². The Morgan fingerprint density at radius 3 is 2.59 bits per heavy atom. The zero-order chi connectivity index (χ0) is 22.7. The topological polar surface area (TPSA) is 49.4 Å². The third-order valence-corrected chi connectivity index (χ3v) is 7.26. The summed E-state index contributed by atoms with van der Waals surface area (Å²) in [7, 11) is 0. The summed E-state index contributed by atoms with van der Waals surface area (Å²) < 4.78 is 13.5. The molecule has 164 valence electrons. The van der Waals surface area contributed by atoms with E-state index in [0.29, 0.717) is 12.1 Å². The Labute approximate surface area is 195 Å². The van der Waals surface area contributed by atoms with E-state index in [1.807, 2.05) is 54.6 Å². The monoisotopic (exact) mass is 468 g/mol. The van der Waals surface area contributed by atoms with Crippen molar-refractivity contribution in [2.75, 3.05) is 4.90 Å². The highest BCUT2D eigenvalue weighted by atomic mass is 35.5. The first kappa shape index (κ1) is 22.4. The molecule has 0 radical (unpaired) electrons. The van der Waals surface area contributed by atoms with E-state index in [9.17, 15) is 14.0 Å². The number of para-hydroxylation sites is 1. The van der Waals surface area contributed by atoms with Crippen LogP contribution in [0.1, 0.15) is 18.1 Å². The lowest BCUT2D eigenvalue weighted by molar-refractivity contribution is -0.128. The fourth-order valence-corrected chi connectivity index (χ4v) is 5.13. The number of anilines is 1. The molecule has 4 rings (SSSR count). The third kappa shape index (κ3) is 4.81. The van der Waals surface area contributed by atoms with Crippen molar-refractivity contribution in [1.29, 1.82) is 0 Å². The highest BCUT2D eigenvalue weighted by Gasteiger charge is 2.39. The molecular weight excluding hydrogens is 447 g/mol. The Kier molecular flexibility index (Phi) is 6.82. The van der Waals surface area contributed by atoms with E-state index in [-0.39, 0.29) is 23.4 Å². The Morgan fingerprint density at radius 1 is 1.12 bits per heavy atom. The molecule has 7 heteroatoms. The highest BCUT2D eigenvalue weighted by molar-refractivity contribution is 8.01. The van der Waals surface area contributed by atoms with Crippen molar-refractivity contribution >= 4 is 40.9 Å². The van der Waals surface area contributed by atoms with Gasteiger partial charge in [0.25, 0.3) is 0 Å². The number of thioether (sulfide) groups is 1. The van der Waals surface area contributed by atoms with Crippen molar-refractivity contribution < 1.29 is 14.0 Å².